The minimum atomic E-state index is -1.83. The number of aliphatic hydroxyl groups excluding tert-OH is 3. The summed E-state index contributed by atoms with van der Waals surface area (Å²) in [6, 6.07) is 0. The number of anilines is 1. The summed E-state index contributed by atoms with van der Waals surface area (Å²) in [6.07, 6.45) is -8.57. The monoisotopic (exact) mass is 423 g/mol. The lowest BCUT2D eigenvalue weighted by molar-refractivity contribution is -0.296. The highest BCUT2D eigenvalue weighted by molar-refractivity contribution is 8.00. The van der Waals surface area contributed by atoms with E-state index < -0.39 is 65.7 Å². The van der Waals surface area contributed by atoms with Crippen LogP contribution in [0.25, 0.3) is 0 Å². The number of aliphatic hydroxyl groups is 3. The van der Waals surface area contributed by atoms with Gasteiger partial charge in [-0.1, -0.05) is 0 Å². The topological polar surface area (TPSA) is 187 Å². The van der Waals surface area contributed by atoms with Crippen LogP contribution < -0.4 is 11.4 Å². The Morgan fingerprint density at radius 3 is 2.75 bits per heavy atom. The maximum absolute atomic E-state index is 13.5. The van der Waals surface area contributed by atoms with Crippen LogP contribution in [0.3, 0.4) is 0 Å². The molecule has 2 aliphatic heterocycles. The van der Waals surface area contributed by atoms with Gasteiger partial charge in [0.2, 0.25) is 0 Å². The molecule has 14 heteroatoms. The van der Waals surface area contributed by atoms with Crippen LogP contribution in [-0.4, -0.2) is 84.4 Å². The molecule has 156 valence electrons. The fourth-order valence-electron chi connectivity index (χ4n) is 2.70. The molecule has 28 heavy (non-hydrogen) atoms. The molecule has 0 unspecified atom stereocenters. The molecular formula is C14H18FN3O9S. The molecule has 3 heterocycles. The van der Waals surface area contributed by atoms with Crippen LogP contribution >= 0.6 is 11.8 Å². The molecule has 0 bridgehead atoms. The molecule has 0 spiro atoms. The van der Waals surface area contributed by atoms with E-state index in [9.17, 15) is 29.3 Å². The smallest absolute Gasteiger partial charge is 0.351 e. The molecule has 0 aliphatic carbocycles. The molecule has 12 nitrogen and oxygen atoms in total. The molecule has 0 saturated carbocycles. The molecule has 2 fully saturated rings. The largest absolute Gasteiger partial charge is 0.479 e. The van der Waals surface area contributed by atoms with E-state index in [2.05, 4.69) is 4.98 Å². The Kier molecular flexibility index (Phi) is 6.18. The lowest BCUT2D eigenvalue weighted by Gasteiger charge is -2.38. The number of carbonyl (C=O) groups is 1. The van der Waals surface area contributed by atoms with Crippen LogP contribution in [-0.2, 0) is 19.0 Å². The summed E-state index contributed by atoms with van der Waals surface area (Å²) < 4.78 is 30.3. The number of aliphatic carboxylic acids is 1. The fourth-order valence-corrected chi connectivity index (χ4v) is 3.70. The minimum absolute atomic E-state index is 0.211. The molecule has 0 amide bonds. The zero-order chi connectivity index (χ0) is 20.6. The summed E-state index contributed by atoms with van der Waals surface area (Å²) in [5.74, 6) is -2.68. The van der Waals surface area contributed by atoms with Crippen molar-refractivity contribution in [3.63, 3.8) is 0 Å². The van der Waals surface area contributed by atoms with Crippen molar-refractivity contribution in [2.45, 2.75) is 42.4 Å². The Labute approximate surface area is 160 Å². The van der Waals surface area contributed by atoms with Crippen LogP contribution in [0.4, 0.5) is 10.2 Å². The van der Waals surface area contributed by atoms with Gasteiger partial charge in [0.25, 0.3) is 0 Å². The molecule has 1 aromatic rings. The van der Waals surface area contributed by atoms with Crippen molar-refractivity contribution in [2.24, 2.45) is 0 Å². The van der Waals surface area contributed by atoms with Crippen molar-refractivity contribution in [1.29, 1.82) is 0 Å². The number of nitrogen functional groups attached to an aromatic ring is 1. The highest BCUT2D eigenvalue weighted by Gasteiger charge is 2.47. The fraction of sp³-hybridized carbons (Fsp3) is 0.643. The van der Waals surface area contributed by atoms with Gasteiger partial charge in [0, 0.05) is 5.75 Å². The number of halogens is 1. The van der Waals surface area contributed by atoms with E-state index in [1.807, 2.05) is 0 Å². The average Bonchev–Trinajstić information content (AvgIpc) is 3.10. The molecule has 0 aromatic carbocycles. The van der Waals surface area contributed by atoms with Gasteiger partial charge in [0.15, 0.2) is 24.0 Å². The van der Waals surface area contributed by atoms with Gasteiger partial charge in [-0.2, -0.15) is 4.98 Å². The number of thioether (sulfide) groups is 1. The second kappa shape index (κ2) is 8.28. The maximum Gasteiger partial charge on any atom is 0.351 e. The van der Waals surface area contributed by atoms with E-state index in [4.69, 9.17) is 25.1 Å². The van der Waals surface area contributed by atoms with Gasteiger partial charge in [-0.05, 0) is 0 Å². The van der Waals surface area contributed by atoms with E-state index in [1.165, 1.54) is 11.8 Å². The first kappa shape index (κ1) is 20.9. The molecule has 0 radical (unpaired) electrons. The number of nitrogens with two attached hydrogens (primary N) is 1. The minimum Gasteiger partial charge on any atom is -0.479 e. The quantitative estimate of drug-likeness (QED) is 0.334. The van der Waals surface area contributed by atoms with E-state index in [-0.39, 0.29) is 12.4 Å². The zero-order valence-corrected chi connectivity index (χ0v) is 14.9. The summed E-state index contributed by atoms with van der Waals surface area (Å²) in [6.45, 7) is -0.211. The third kappa shape index (κ3) is 4.12. The maximum atomic E-state index is 13.5. The first-order valence-electron chi connectivity index (χ1n) is 8.04. The summed E-state index contributed by atoms with van der Waals surface area (Å²) >= 11 is 1.21. The highest BCUT2D eigenvalue weighted by Crippen LogP contribution is 2.32. The van der Waals surface area contributed by atoms with Gasteiger partial charge < -0.3 is 40.4 Å². The van der Waals surface area contributed by atoms with Gasteiger partial charge in [-0.3, -0.25) is 4.57 Å². The highest BCUT2D eigenvalue weighted by atomic mass is 32.2. The number of carboxylic acids is 1. The first-order valence-corrected chi connectivity index (χ1v) is 9.09. The van der Waals surface area contributed by atoms with Crippen LogP contribution in [0.2, 0.25) is 0 Å². The molecule has 3 rings (SSSR count). The number of hydrogen-bond acceptors (Lipinski definition) is 11. The number of ether oxygens (including phenoxy) is 3. The predicted octanol–water partition coefficient (Wildman–Crippen LogP) is -2.54. The first-order chi connectivity index (χ1) is 13.2. The second-order valence-electron chi connectivity index (χ2n) is 6.09. The molecular weight excluding hydrogens is 405 g/mol. The Morgan fingerprint density at radius 2 is 2.07 bits per heavy atom. The van der Waals surface area contributed by atoms with E-state index in [0.29, 0.717) is 0 Å². The van der Waals surface area contributed by atoms with Crippen molar-refractivity contribution < 1.29 is 43.8 Å². The molecule has 2 aliphatic rings. The Balaban J connectivity index is 1.59. The van der Waals surface area contributed by atoms with Crippen LogP contribution in [0.15, 0.2) is 11.0 Å². The molecule has 1 aromatic heterocycles. The van der Waals surface area contributed by atoms with Gasteiger partial charge in [-0.25, -0.2) is 14.0 Å². The zero-order valence-electron chi connectivity index (χ0n) is 14.1. The standard InChI is InChI=1S/C14H18FN3O9S/c15-4-1-18(14(24)17-11(4)16)5-3-28-6(26-5)2-25-13-9(21)7(19)8(20)10(27-13)12(22)23/h1,5-10,13,19-21H,2-3H2,(H,22,23)(H2,16,17,24)/t5-,6+,7+,8+,9-,10+,13-/m1/s1. The lowest BCUT2D eigenvalue weighted by Crippen LogP contribution is -2.60. The Morgan fingerprint density at radius 1 is 1.36 bits per heavy atom. The van der Waals surface area contributed by atoms with E-state index >= 15 is 0 Å². The van der Waals surface area contributed by atoms with Crippen molar-refractivity contribution in [3.05, 3.63) is 22.5 Å². The third-order valence-corrected chi connectivity index (χ3v) is 5.28. The molecule has 2 saturated heterocycles. The number of hydrogen-bond donors (Lipinski definition) is 5. The Bertz CT molecular complexity index is 796. The van der Waals surface area contributed by atoms with Crippen LogP contribution in [0.5, 0.6) is 0 Å². The third-order valence-electron chi connectivity index (χ3n) is 4.19. The average molecular weight is 423 g/mol. The summed E-state index contributed by atoms with van der Waals surface area (Å²) in [5, 5.41) is 38.3. The predicted molar refractivity (Wildman–Crippen MR) is 89.5 cm³/mol. The number of nitrogens with zero attached hydrogens (tertiary/aromatic N) is 2. The van der Waals surface area contributed by atoms with Crippen molar-refractivity contribution in [1.82, 2.24) is 9.55 Å². The second-order valence-corrected chi connectivity index (χ2v) is 7.28. The molecule has 7 atom stereocenters. The lowest BCUT2D eigenvalue weighted by atomic mass is 9.99. The number of aromatic nitrogens is 2. The van der Waals surface area contributed by atoms with Crippen molar-refractivity contribution in [2.75, 3.05) is 18.1 Å². The van der Waals surface area contributed by atoms with Gasteiger partial charge in [-0.15, -0.1) is 11.8 Å². The number of carboxylic acid groups (broad SMARTS) is 1. The summed E-state index contributed by atoms with van der Waals surface area (Å²) in [4.78, 5) is 26.2. The van der Waals surface area contributed by atoms with Gasteiger partial charge in [0.05, 0.1) is 12.8 Å². The Hall–Kier alpha value is -1.81. The number of rotatable bonds is 5. The normalized spacial score (nSPS) is 35.8. The van der Waals surface area contributed by atoms with E-state index in [1.54, 1.807) is 0 Å². The van der Waals surface area contributed by atoms with Crippen LogP contribution in [0, 0.1) is 5.82 Å². The van der Waals surface area contributed by atoms with Crippen LogP contribution in [0.1, 0.15) is 6.23 Å². The van der Waals surface area contributed by atoms with Crippen molar-refractivity contribution in [3.8, 4) is 0 Å². The van der Waals surface area contributed by atoms with Gasteiger partial charge in [0.1, 0.15) is 30.0 Å². The summed E-state index contributed by atoms with van der Waals surface area (Å²) in [7, 11) is 0. The molecule has 6 N–H and O–H groups in total. The summed E-state index contributed by atoms with van der Waals surface area (Å²) in [5.41, 5.74) is 3.77. The van der Waals surface area contributed by atoms with Crippen molar-refractivity contribution >= 4 is 23.5 Å². The van der Waals surface area contributed by atoms with Gasteiger partial charge >= 0.3 is 11.7 Å². The van der Waals surface area contributed by atoms with E-state index in [0.717, 1.165) is 10.8 Å². The SMILES string of the molecule is Nc1nc(=O)n([C@H]2CS[C@@H](CO[C@@H]3O[C@H](C(=O)O)[C@@H](O)[C@H](O)[C@H]3O)O2)cc1F.